The van der Waals surface area contributed by atoms with Crippen LogP contribution in [-0.2, 0) is 14.9 Å². The second-order valence-corrected chi connectivity index (χ2v) is 7.81. The third-order valence-corrected chi connectivity index (χ3v) is 7.26. The minimum atomic E-state index is -1.47. The van der Waals surface area contributed by atoms with Crippen molar-refractivity contribution in [1.82, 2.24) is 4.90 Å². The number of hydrogen-bond acceptors (Lipinski definition) is 6. The van der Waals surface area contributed by atoms with Gasteiger partial charge >= 0.3 is 0 Å². The Hall–Kier alpha value is -1.76. The lowest BCUT2D eigenvalue weighted by Gasteiger charge is -2.56. The van der Waals surface area contributed by atoms with Crippen LogP contribution in [0.5, 0.6) is 11.5 Å². The van der Waals surface area contributed by atoms with Gasteiger partial charge in [-0.05, 0) is 44.1 Å². The van der Waals surface area contributed by atoms with Crippen LogP contribution >= 0.6 is 0 Å². The van der Waals surface area contributed by atoms with Crippen molar-refractivity contribution in [3.63, 3.8) is 0 Å². The van der Waals surface area contributed by atoms with Crippen LogP contribution in [0.15, 0.2) is 24.0 Å². The van der Waals surface area contributed by atoms with Crippen molar-refractivity contribution in [3.8, 4) is 11.5 Å². The monoisotopic (exact) mass is 359 g/mol. The van der Waals surface area contributed by atoms with Gasteiger partial charge in [-0.25, -0.2) is 0 Å². The van der Waals surface area contributed by atoms with Crippen LogP contribution in [0.4, 0.5) is 0 Å². The summed E-state index contributed by atoms with van der Waals surface area (Å²) in [5.41, 5.74) is 1.34. The van der Waals surface area contributed by atoms with Crippen molar-refractivity contribution in [2.24, 2.45) is 0 Å². The number of nitrogens with zero attached hydrogens (tertiary/aromatic N) is 1. The molecule has 2 bridgehead atoms. The highest BCUT2D eigenvalue weighted by Gasteiger charge is 2.79. The van der Waals surface area contributed by atoms with E-state index >= 15 is 0 Å². The molecule has 1 aromatic rings. The number of likely N-dealkylation sites (tertiary alicyclic amines) is 1. The molecule has 0 saturated carbocycles. The molecule has 2 aliphatic carbocycles. The maximum atomic E-state index is 11.8. The molecule has 0 amide bonds. The van der Waals surface area contributed by atoms with Crippen LogP contribution in [0.25, 0.3) is 0 Å². The number of ether oxygens (including phenoxy) is 4. The minimum Gasteiger partial charge on any atom is -0.496 e. The number of allylic oxidation sites excluding steroid dienone is 1. The maximum absolute atomic E-state index is 11.8. The van der Waals surface area contributed by atoms with E-state index in [-0.39, 0.29) is 11.5 Å². The maximum Gasteiger partial charge on any atom is 0.245 e. The molecule has 2 aliphatic heterocycles. The van der Waals surface area contributed by atoms with Gasteiger partial charge in [0.1, 0.15) is 0 Å². The van der Waals surface area contributed by atoms with Crippen LogP contribution in [0.2, 0.25) is 0 Å². The minimum absolute atomic E-state index is 0.208. The Morgan fingerprint density at radius 1 is 1.19 bits per heavy atom. The van der Waals surface area contributed by atoms with E-state index in [2.05, 4.69) is 18.0 Å². The summed E-state index contributed by atoms with van der Waals surface area (Å²) in [7, 11) is 7.02. The molecule has 140 valence electrons. The van der Waals surface area contributed by atoms with E-state index in [4.69, 9.17) is 18.9 Å². The number of aliphatic hydroxyl groups is 1. The van der Waals surface area contributed by atoms with E-state index in [0.29, 0.717) is 5.76 Å². The van der Waals surface area contributed by atoms with Crippen molar-refractivity contribution < 1.29 is 24.1 Å². The summed E-state index contributed by atoms with van der Waals surface area (Å²) >= 11 is 0. The van der Waals surface area contributed by atoms with Gasteiger partial charge in [-0.15, -0.1) is 0 Å². The largest absolute Gasteiger partial charge is 0.496 e. The van der Waals surface area contributed by atoms with Gasteiger partial charge in [-0.2, -0.15) is 0 Å². The van der Waals surface area contributed by atoms with E-state index in [1.807, 2.05) is 12.1 Å². The molecule has 2 fully saturated rings. The van der Waals surface area contributed by atoms with Gasteiger partial charge in [0.15, 0.2) is 17.3 Å². The Morgan fingerprint density at radius 3 is 2.69 bits per heavy atom. The molecule has 0 radical (unpaired) electrons. The van der Waals surface area contributed by atoms with Gasteiger partial charge in [0.25, 0.3) is 0 Å². The van der Waals surface area contributed by atoms with Crippen molar-refractivity contribution in [3.05, 3.63) is 35.1 Å². The van der Waals surface area contributed by atoms with E-state index < -0.39 is 11.3 Å². The molecule has 5 rings (SSSR count). The summed E-state index contributed by atoms with van der Waals surface area (Å²) in [6.45, 7) is 0.878. The highest BCUT2D eigenvalue weighted by Crippen LogP contribution is 2.72. The van der Waals surface area contributed by atoms with Crippen molar-refractivity contribution >= 4 is 0 Å². The Bertz CT molecular complexity index is 823. The fraction of sp³-hybridized carbons (Fsp3) is 0.600. The number of fused-ring (bicyclic) bond motifs is 3. The zero-order valence-electron chi connectivity index (χ0n) is 15.7. The van der Waals surface area contributed by atoms with E-state index in [1.54, 1.807) is 21.3 Å². The number of likely N-dealkylation sites (N-methyl/N-ethyl adjacent to an activating group) is 1. The summed E-state index contributed by atoms with van der Waals surface area (Å²) < 4.78 is 23.3. The van der Waals surface area contributed by atoms with Crippen molar-refractivity contribution in [1.29, 1.82) is 0 Å². The first-order chi connectivity index (χ1) is 12.5. The Labute approximate surface area is 153 Å². The lowest BCUT2D eigenvalue weighted by atomic mass is 9.53. The van der Waals surface area contributed by atoms with Crippen LogP contribution in [0.3, 0.4) is 0 Å². The number of rotatable bonds is 3. The first-order valence-corrected chi connectivity index (χ1v) is 9.10. The van der Waals surface area contributed by atoms with Gasteiger partial charge in [0.05, 0.1) is 33.0 Å². The average Bonchev–Trinajstić information content (AvgIpc) is 3.13. The molecule has 6 heteroatoms. The zero-order valence-corrected chi connectivity index (χ0v) is 15.7. The summed E-state index contributed by atoms with van der Waals surface area (Å²) in [6.07, 6.45) is 4.22. The molecule has 2 saturated heterocycles. The predicted octanol–water partition coefficient (Wildman–Crippen LogP) is 2.11. The average molecular weight is 359 g/mol. The Balaban J connectivity index is 1.88. The van der Waals surface area contributed by atoms with Crippen molar-refractivity contribution in [2.75, 3.05) is 34.9 Å². The molecule has 0 aromatic heterocycles. The number of benzene rings is 1. The molecule has 1 aromatic carbocycles. The summed E-state index contributed by atoms with van der Waals surface area (Å²) in [6, 6.07) is 4.00. The standard InChI is InChI=1S/C20H25NO5/c1-21-10-9-18-8-7-15(24-3)20(22)19(18,21)11-14(26-20)12-5-6-13(23-2)17(25-4)16(12)18/h5-7,14,22H,8-11H2,1-4H3/t14-,18?,19?,20-/m0/s1. The molecule has 4 atom stereocenters. The fourth-order valence-electron chi connectivity index (χ4n) is 6.28. The van der Waals surface area contributed by atoms with Gasteiger partial charge in [-0.3, -0.25) is 4.90 Å². The summed E-state index contributed by atoms with van der Waals surface area (Å²) in [5, 5.41) is 11.8. The summed E-state index contributed by atoms with van der Waals surface area (Å²) in [4.78, 5) is 2.26. The molecule has 1 spiro atoms. The summed E-state index contributed by atoms with van der Waals surface area (Å²) in [5.74, 6) is 0.531. The number of hydrogen-bond donors (Lipinski definition) is 1. The smallest absolute Gasteiger partial charge is 0.245 e. The van der Waals surface area contributed by atoms with E-state index in [9.17, 15) is 5.11 Å². The SMILES string of the molecule is COC1=CCC23CCN(C)C24C[C@H](O[C@@]14O)c1ccc(OC)c(OC)c13. The Morgan fingerprint density at radius 2 is 2.00 bits per heavy atom. The Kier molecular flexibility index (Phi) is 3.12. The second kappa shape index (κ2) is 4.94. The highest BCUT2D eigenvalue weighted by atomic mass is 16.7. The second-order valence-electron chi connectivity index (χ2n) is 7.81. The topological polar surface area (TPSA) is 60.4 Å². The van der Waals surface area contributed by atoms with Crippen molar-refractivity contribution in [2.45, 2.75) is 42.1 Å². The molecular formula is C20H25NO5. The normalized spacial score (nSPS) is 39.9. The zero-order chi connectivity index (χ0) is 18.3. The van der Waals surface area contributed by atoms with Crippen LogP contribution in [0, 0.1) is 0 Å². The molecule has 4 aliphatic rings. The first-order valence-electron chi connectivity index (χ1n) is 9.10. The molecule has 2 unspecified atom stereocenters. The molecule has 1 N–H and O–H groups in total. The molecular weight excluding hydrogens is 334 g/mol. The fourth-order valence-corrected chi connectivity index (χ4v) is 6.28. The third-order valence-electron chi connectivity index (χ3n) is 7.26. The first kappa shape index (κ1) is 16.4. The van der Waals surface area contributed by atoms with Gasteiger partial charge in [0, 0.05) is 17.4 Å². The highest BCUT2D eigenvalue weighted by molar-refractivity contribution is 5.62. The third kappa shape index (κ3) is 1.45. The molecule has 26 heavy (non-hydrogen) atoms. The van der Waals surface area contributed by atoms with Crippen LogP contribution in [0.1, 0.15) is 36.5 Å². The van der Waals surface area contributed by atoms with E-state index in [0.717, 1.165) is 48.4 Å². The van der Waals surface area contributed by atoms with Crippen LogP contribution in [-0.4, -0.2) is 56.3 Å². The van der Waals surface area contributed by atoms with E-state index in [1.165, 1.54) is 0 Å². The molecule has 6 nitrogen and oxygen atoms in total. The van der Waals surface area contributed by atoms with Crippen LogP contribution < -0.4 is 9.47 Å². The predicted molar refractivity (Wildman–Crippen MR) is 94.3 cm³/mol. The lowest BCUT2D eigenvalue weighted by Crippen LogP contribution is -2.69. The van der Waals surface area contributed by atoms with Gasteiger partial charge < -0.3 is 24.1 Å². The van der Waals surface area contributed by atoms with Gasteiger partial charge in [0.2, 0.25) is 5.79 Å². The molecule has 2 heterocycles. The quantitative estimate of drug-likeness (QED) is 0.892. The lowest BCUT2D eigenvalue weighted by molar-refractivity contribution is -0.242. The number of methoxy groups -OCH3 is 3. The van der Waals surface area contributed by atoms with Gasteiger partial charge in [-0.1, -0.05) is 6.07 Å².